The summed E-state index contributed by atoms with van der Waals surface area (Å²) in [5.74, 6) is -0.176. The zero-order valence-corrected chi connectivity index (χ0v) is 9.60. The van der Waals surface area contributed by atoms with E-state index < -0.39 is 9.05 Å². The van der Waals surface area contributed by atoms with Gasteiger partial charge in [-0.3, -0.25) is 0 Å². The third-order valence-corrected chi connectivity index (χ3v) is 3.18. The summed E-state index contributed by atoms with van der Waals surface area (Å²) in [6.07, 6.45) is 1.64. The maximum atomic E-state index is 10.9. The van der Waals surface area contributed by atoms with Crippen LogP contribution in [0.3, 0.4) is 0 Å². The molecule has 1 aromatic carbocycles. The second-order valence-electron chi connectivity index (χ2n) is 3.43. The number of hydrogen-bond donors (Lipinski definition) is 0. The number of halogens is 1. The van der Waals surface area contributed by atoms with E-state index in [1.165, 1.54) is 0 Å². The first-order chi connectivity index (χ1) is 6.96. The van der Waals surface area contributed by atoms with Crippen molar-refractivity contribution in [1.29, 1.82) is 0 Å². The Kier molecular flexibility index (Phi) is 2.48. The molecule has 0 fully saturated rings. The van der Waals surface area contributed by atoms with Crippen LogP contribution in [0.5, 0.6) is 0 Å². The molecular weight excluding hydrogens is 236 g/mol. The molecular formula is C10H9ClO3S. The van der Waals surface area contributed by atoms with Crippen LogP contribution in [-0.2, 0) is 14.8 Å². The Labute approximate surface area is 92.1 Å². The molecule has 0 N–H and O–H groups in total. The van der Waals surface area contributed by atoms with E-state index in [-0.39, 0.29) is 5.75 Å². The monoisotopic (exact) mass is 244 g/mol. The molecule has 2 rings (SSSR count). The molecule has 80 valence electrons. The third-order valence-electron chi connectivity index (χ3n) is 2.17. The lowest BCUT2D eigenvalue weighted by atomic mass is 10.1. The van der Waals surface area contributed by atoms with Crippen LogP contribution >= 0.6 is 10.7 Å². The van der Waals surface area contributed by atoms with E-state index >= 15 is 0 Å². The lowest BCUT2D eigenvalue weighted by Gasteiger charge is -1.97. The zero-order chi connectivity index (χ0) is 11.1. The average molecular weight is 245 g/mol. The molecule has 0 atom stereocenters. The summed E-state index contributed by atoms with van der Waals surface area (Å²) in [4.78, 5) is 0. The fourth-order valence-electron chi connectivity index (χ4n) is 1.49. The summed E-state index contributed by atoms with van der Waals surface area (Å²) < 4.78 is 27.0. The van der Waals surface area contributed by atoms with Crippen molar-refractivity contribution in [2.45, 2.75) is 12.7 Å². The Morgan fingerprint density at radius 3 is 2.80 bits per heavy atom. The van der Waals surface area contributed by atoms with Crippen molar-refractivity contribution in [2.75, 3.05) is 0 Å². The first-order valence-electron chi connectivity index (χ1n) is 4.35. The fraction of sp³-hybridized carbons (Fsp3) is 0.200. The number of hydrogen-bond acceptors (Lipinski definition) is 3. The van der Waals surface area contributed by atoms with Crippen molar-refractivity contribution < 1.29 is 12.8 Å². The summed E-state index contributed by atoms with van der Waals surface area (Å²) in [5, 5.41) is 0.991. The van der Waals surface area contributed by atoms with Crippen LogP contribution < -0.4 is 0 Å². The molecule has 1 aromatic heterocycles. The highest BCUT2D eigenvalue weighted by Gasteiger charge is 2.09. The second-order valence-corrected chi connectivity index (χ2v) is 6.21. The lowest BCUT2D eigenvalue weighted by Crippen LogP contribution is -1.94. The molecule has 0 saturated heterocycles. The van der Waals surface area contributed by atoms with Crippen molar-refractivity contribution in [3.63, 3.8) is 0 Å². The first kappa shape index (κ1) is 10.5. The minimum Gasteiger partial charge on any atom is -0.464 e. The number of furan rings is 1. The Morgan fingerprint density at radius 2 is 2.13 bits per heavy atom. The summed E-state index contributed by atoms with van der Waals surface area (Å²) >= 11 is 0. The Morgan fingerprint density at radius 1 is 1.40 bits per heavy atom. The van der Waals surface area contributed by atoms with E-state index in [1.54, 1.807) is 18.4 Å². The van der Waals surface area contributed by atoms with Gasteiger partial charge in [0.15, 0.2) is 0 Å². The maximum Gasteiger partial charge on any atom is 0.236 e. The second kappa shape index (κ2) is 3.54. The van der Waals surface area contributed by atoms with Crippen molar-refractivity contribution in [3.8, 4) is 0 Å². The maximum absolute atomic E-state index is 10.9. The highest BCUT2D eigenvalue weighted by atomic mass is 35.7. The number of fused-ring (bicyclic) bond motifs is 1. The molecule has 0 unspecified atom stereocenters. The van der Waals surface area contributed by atoms with Gasteiger partial charge in [0.2, 0.25) is 9.05 Å². The Hall–Kier alpha value is -1.00. The summed E-state index contributed by atoms with van der Waals surface area (Å²) in [6, 6.07) is 5.28. The SMILES string of the molecule is Cc1coc2cc(CS(=O)(=O)Cl)ccc12. The largest absolute Gasteiger partial charge is 0.464 e. The van der Waals surface area contributed by atoms with Gasteiger partial charge in [-0.1, -0.05) is 12.1 Å². The quantitative estimate of drug-likeness (QED) is 0.764. The van der Waals surface area contributed by atoms with Crippen LogP contribution in [0.15, 0.2) is 28.9 Å². The van der Waals surface area contributed by atoms with Crippen LogP contribution in [0.25, 0.3) is 11.0 Å². The van der Waals surface area contributed by atoms with E-state index in [2.05, 4.69) is 0 Å². The van der Waals surface area contributed by atoms with E-state index in [4.69, 9.17) is 15.1 Å². The molecule has 0 aliphatic rings. The molecule has 0 bridgehead atoms. The molecule has 5 heteroatoms. The number of aryl methyl sites for hydroxylation is 1. The highest BCUT2D eigenvalue weighted by molar-refractivity contribution is 8.13. The smallest absolute Gasteiger partial charge is 0.236 e. The van der Waals surface area contributed by atoms with Crippen molar-refractivity contribution in [2.24, 2.45) is 0 Å². The molecule has 0 saturated carbocycles. The van der Waals surface area contributed by atoms with Gasteiger partial charge in [0.05, 0.1) is 12.0 Å². The van der Waals surface area contributed by atoms with E-state index in [9.17, 15) is 8.42 Å². The van der Waals surface area contributed by atoms with Gasteiger partial charge in [0.1, 0.15) is 5.58 Å². The zero-order valence-electron chi connectivity index (χ0n) is 8.03. The van der Waals surface area contributed by atoms with Crippen molar-refractivity contribution >= 4 is 30.7 Å². The molecule has 3 nitrogen and oxygen atoms in total. The average Bonchev–Trinajstić information content (AvgIpc) is 2.45. The van der Waals surface area contributed by atoms with Gasteiger partial charge < -0.3 is 4.42 Å². The molecule has 0 amide bonds. The topological polar surface area (TPSA) is 47.3 Å². The van der Waals surface area contributed by atoms with Gasteiger partial charge in [0.25, 0.3) is 0 Å². The van der Waals surface area contributed by atoms with Crippen LogP contribution in [0.2, 0.25) is 0 Å². The van der Waals surface area contributed by atoms with Gasteiger partial charge >= 0.3 is 0 Å². The van der Waals surface area contributed by atoms with Gasteiger partial charge in [0, 0.05) is 16.1 Å². The molecule has 2 aromatic rings. The fourth-order valence-corrected chi connectivity index (χ4v) is 2.45. The molecule has 0 aliphatic carbocycles. The molecule has 1 heterocycles. The standard InChI is InChI=1S/C10H9ClO3S/c1-7-5-14-10-4-8(2-3-9(7)10)6-15(11,12)13/h2-5H,6H2,1H3. The van der Waals surface area contributed by atoms with Crippen LogP contribution in [0, 0.1) is 6.92 Å². The van der Waals surface area contributed by atoms with Gasteiger partial charge in [-0.15, -0.1) is 0 Å². The highest BCUT2D eigenvalue weighted by Crippen LogP contribution is 2.22. The third kappa shape index (κ3) is 2.33. The van der Waals surface area contributed by atoms with E-state index in [0.29, 0.717) is 11.1 Å². The normalized spacial score (nSPS) is 12.1. The molecule has 0 spiro atoms. The summed E-state index contributed by atoms with van der Waals surface area (Å²) in [5.41, 5.74) is 2.35. The Balaban J connectivity index is 2.48. The predicted octanol–water partition coefficient (Wildman–Crippen LogP) is 2.81. The van der Waals surface area contributed by atoms with Crippen LogP contribution in [-0.4, -0.2) is 8.42 Å². The minimum absolute atomic E-state index is 0.176. The van der Waals surface area contributed by atoms with Gasteiger partial charge in [-0.25, -0.2) is 8.42 Å². The van der Waals surface area contributed by atoms with Crippen LogP contribution in [0.4, 0.5) is 0 Å². The molecule has 0 radical (unpaired) electrons. The molecule has 15 heavy (non-hydrogen) atoms. The van der Waals surface area contributed by atoms with Crippen molar-refractivity contribution in [1.82, 2.24) is 0 Å². The van der Waals surface area contributed by atoms with Gasteiger partial charge in [-0.05, 0) is 24.1 Å². The summed E-state index contributed by atoms with van der Waals surface area (Å²) in [7, 11) is 1.66. The molecule has 0 aliphatic heterocycles. The first-order valence-corrected chi connectivity index (χ1v) is 6.82. The minimum atomic E-state index is -3.51. The Bertz CT molecular complexity index is 598. The summed E-state index contributed by atoms with van der Waals surface area (Å²) in [6.45, 7) is 1.93. The van der Waals surface area contributed by atoms with Crippen molar-refractivity contribution in [3.05, 3.63) is 35.6 Å². The van der Waals surface area contributed by atoms with Crippen LogP contribution in [0.1, 0.15) is 11.1 Å². The predicted molar refractivity (Wildman–Crippen MR) is 59.4 cm³/mol. The van der Waals surface area contributed by atoms with Gasteiger partial charge in [-0.2, -0.15) is 0 Å². The lowest BCUT2D eigenvalue weighted by molar-refractivity contribution is 0.608. The van der Waals surface area contributed by atoms with E-state index in [1.807, 2.05) is 13.0 Å². The number of benzene rings is 1. The number of rotatable bonds is 2. The van der Waals surface area contributed by atoms with E-state index in [0.717, 1.165) is 10.9 Å².